The van der Waals surface area contributed by atoms with Gasteiger partial charge in [0.25, 0.3) is 0 Å². The number of anilines is 1. The molecule has 2 aromatic heterocycles. The van der Waals surface area contributed by atoms with Gasteiger partial charge in [0.1, 0.15) is 11.5 Å². The smallest absolute Gasteiger partial charge is 0.191 e. The molecule has 1 fully saturated rings. The second kappa shape index (κ2) is 12.0. The third-order valence-electron chi connectivity index (χ3n) is 5.17. The average molecular weight is 552 g/mol. The van der Waals surface area contributed by atoms with Gasteiger partial charge in [-0.25, -0.2) is 4.99 Å². The van der Waals surface area contributed by atoms with Gasteiger partial charge in [-0.05, 0) is 42.1 Å². The predicted octanol–water partition coefficient (Wildman–Crippen LogP) is 4.52. The Hall–Kier alpha value is -2.20. The third-order valence-corrected chi connectivity index (χ3v) is 6.03. The molecule has 166 valence electrons. The lowest BCUT2D eigenvalue weighted by Crippen LogP contribution is -2.45. The van der Waals surface area contributed by atoms with Gasteiger partial charge in [0.15, 0.2) is 5.96 Å². The van der Waals surface area contributed by atoms with Crippen molar-refractivity contribution in [3.63, 3.8) is 0 Å². The van der Waals surface area contributed by atoms with Gasteiger partial charge in [0.05, 0.1) is 25.6 Å². The van der Waals surface area contributed by atoms with Crippen LogP contribution in [-0.4, -0.2) is 38.7 Å². The molecule has 31 heavy (non-hydrogen) atoms. The van der Waals surface area contributed by atoms with Crippen molar-refractivity contribution in [2.24, 2.45) is 4.99 Å². The molecule has 1 atom stereocenters. The van der Waals surface area contributed by atoms with Crippen LogP contribution in [0.4, 0.5) is 5.69 Å². The average Bonchev–Trinajstić information content (AvgIpc) is 3.55. The van der Waals surface area contributed by atoms with Crippen LogP contribution in [0.3, 0.4) is 0 Å². The number of hydrogen-bond acceptors (Lipinski definition) is 5. The number of benzene rings is 1. The van der Waals surface area contributed by atoms with Crippen LogP contribution in [0.15, 0.2) is 69.6 Å². The second-order valence-electron chi connectivity index (χ2n) is 7.25. The predicted molar refractivity (Wildman–Crippen MR) is 138 cm³/mol. The molecule has 1 aliphatic rings. The first-order valence-electron chi connectivity index (χ1n) is 10.3. The normalized spacial score (nSPS) is 16.1. The topological polar surface area (TPSA) is 62.0 Å². The van der Waals surface area contributed by atoms with Gasteiger partial charge in [-0.2, -0.15) is 0 Å². The summed E-state index contributed by atoms with van der Waals surface area (Å²) in [5.74, 6) is 2.74. The fourth-order valence-electron chi connectivity index (χ4n) is 3.65. The third kappa shape index (κ3) is 6.64. The van der Waals surface area contributed by atoms with E-state index < -0.39 is 0 Å². The zero-order valence-electron chi connectivity index (χ0n) is 17.6. The summed E-state index contributed by atoms with van der Waals surface area (Å²) in [6, 6.07) is 16.6. The monoisotopic (exact) mass is 552 g/mol. The maximum Gasteiger partial charge on any atom is 0.191 e. The second-order valence-corrected chi connectivity index (χ2v) is 8.28. The number of rotatable bonds is 8. The van der Waals surface area contributed by atoms with Gasteiger partial charge in [0, 0.05) is 37.0 Å². The van der Waals surface area contributed by atoms with Crippen molar-refractivity contribution < 1.29 is 9.15 Å². The summed E-state index contributed by atoms with van der Waals surface area (Å²) >= 11 is 1.73. The van der Waals surface area contributed by atoms with Crippen LogP contribution >= 0.6 is 35.3 Å². The molecule has 0 radical (unpaired) electrons. The highest BCUT2D eigenvalue weighted by Crippen LogP contribution is 2.30. The van der Waals surface area contributed by atoms with E-state index in [2.05, 4.69) is 45.2 Å². The van der Waals surface area contributed by atoms with Crippen LogP contribution in [0.25, 0.3) is 0 Å². The Balaban J connectivity index is 0.00000272. The highest BCUT2D eigenvalue weighted by molar-refractivity contribution is 14.0. The van der Waals surface area contributed by atoms with Crippen LogP contribution < -0.4 is 20.3 Å². The minimum atomic E-state index is 0. The SMILES string of the molecule is COc1ccccc1N1CCC(NC(=NCc2cccs2)NCCc2ccco2)C1.I. The number of halogens is 1. The number of nitrogens with zero attached hydrogens (tertiary/aromatic N) is 2. The molecular weight excluding hydrogens is 523 g/mol. The Morgan fingerprint density at radius 1 is 1.23 bits per heavy atom. The number of furan rings is 1. The number of methoxy groups -OCH3 is 1. The Kier molecular flexibility index (Phi) is 9.08. The molecule has 0 saturated carbocycles. The van der Waals surface area contributed by atoms with E-state index in [-0.39, 0.29) is 24.0 Å². The van der Waals surface area contributed by atoms with Crippen LogP contribution in [-0.2, 0) is 13.0 Å². The maximum absolute atomic E-state index is 5.54. The molecule has 1 aliphatic heterocycles. The molecule has 0 spiro atoms. The molecule has 1 aromatic carbocycles. The molecule has 4 rings (SSSR count). The van der Waals surface area contributed by atoms with Gasteiger partial charge in [0.2, 0.25) is 0 Å². The van der Waals surface area contributed by atoms with Crippen molar-refractivity contribution >= 4 is 47.0 Å². The van der Waals surface area contributed by atoms with Crippen LogP contribution in [0.2, 0.25) is 0 Å². The maximum atomic E-state index is 5.54. The molecule has 8 heteroatoms. The number of nitrogens with one attached hydrogen (secondary N) is 2. The van der Waals surface area contributed by atoms with Crippen molar-refractivity contribution in [2.75, 3.05) is 31.6 Å². The zero-order valence-corrected chi connectivity index (χ0v) is 20.8. The molecule has 0 aliphatic carbocycles. The molecule has 2 N–H and O–H groups in total. The van der Waals surface area contributed by atoms with E-state index >= 15 is 0 Å². The number of guanidine groups is 1. The molecule has 6 nitrogen and oxygen atoms in total. The van der Waals surface area contributed by atoms with E-state index in [4.69, 9.17) is 14.1 Å². The van der Waals surface area contributed by atoms with Crippen molar-refractivity contribution in [3.8, 4) is 5.75 Å². The van der Waals surface area contributed by atoms with E-state index in [0.717, 1.165) is 55.6 Å². The van der Waals surface area contributed by atoms with E-state index in [9.17, 15) is 0 Å². The summed E-state index contributed by atoms with van der Waals surface area (Å²) in [7, 11) is 1.73. The molecule has 0 amide bonds. The summed E-state index contributed by atoms with van der Waals surface area (Å²) in [4.78, 5) is 8.44. The van der Waals surface area contributed by atoms with Crippen molar-refractivity contribution in [3.05, 3.63) is 70.8 Å². The van der Waals surface area contributed by atoms with Gasteiger partial charge in [-0.15, -0.1) is 35.3 Å². The Morgan fingerprint density at radius 3 is 2.90 bits per heavy atom. The number of aliphatic imine (C=N–C) groups is 1. The highest BCUT2D eigenvalue weighted by atomic mass is 127. The highest BCUT2D eigenvalue weighted by Gasteiger charge is 2.25. The lowest BCUT2D eigenvalue weighted by atomic mass is 10.2. The Labute approximate surface area is 204 Å². The lowest BCUT2D eigenvalue weighted by molar-refractivity contribution is 0.415. The molecule has 0 bridgehead atoms. The summed E-state index contributed by atoms with van der Waals surface area (Å²) in [5, 5.41) is 9.18. The minimum absolute atomic E-state index is 0. The van der Waals surface area contributed by atoms with E-state index in [1.165, 1.54) is 4.88 Å². The van der Waals surface area contributed by atoms with Crippen LogP contribution in [0.1, 0.15) is 17.1 Å². The molecule has 1 unspecified atom stereocenters. The van der Waals surface area contributed by atoms with Gasteiger partial charge in [-0.1, -0.05) is 18.2 Å². The summed E-state index contributed by atoms with van der Waals surface area (Å²) in [6.07, 6.45) is 3.59. The van der Waals surface area contributed by atoms with Crippen LogP contribution in [0.5, 0.6) is 5.75 Å². The Morgan fingerprint density at radius 2 is 2.13 bits per heavy atom. The molecule has 3 heterocycles. The van der Waals surface area contributed by atoms with Crippen molar-refractivity contribution in [1.82, 2.24) is 10.6 Å². The molecule has 3 aromatic rings. The number of thiophene rings is 1. The number of hydrogen-bond donors (Lipinski definition) is 2. The van der Waals surface area contributed by atoms with Crippen LogP contribution in [0, 0.1) is 0 Å². The van der Waals surface area contributed by atoms with E-state index in [1.54, 1.807) is 24.7 Å². The van der Waals surface area contributed by atoms with Gasteiger partial charge < -0.3 is 24.7 Å². The lowest BCUT2D eigenvalue weighted by Gasteiger charge is -2.22. The molecular formula is C23H29IN4O2S. The number of ether oxygens (including phenoxy) is 1. The first-order chi connectivity index (χ1) is 14.8. The van der Waals surface area contributed by atoms with Gasteiger partial charge >= 0.3 is 0 Å². The summed E-state index contributed by atoms with van der Waals surface area (Å²) in [5.41, 5.74) is 1.15. The number of para-hydroxylation sites is 2. The summed E-state index contributed by atoms with van der Waals surface area (Å²) in [6.45, 7) is 3.35. The van der Waals surface area contributed by atoms with Crippen molar-refractivity contribution in [2.45, 2.75) is 25.4 Å². The zero-order chi connectivity index (χ0) is 20.6. The quantitative estimate of drug-likeness (QED) is 0.245. The largest absolute Gasteiger partial charge is 0.495 e. The minimum Gasteiger partial charge on any atom is -0.495 e. The Bertz CT molecular complexity index is 931. The van der Waals surface area contributed by atoms with Crippen molar-refractivity contribution in [1.29, 1.82) is 0 Å². The van der Waals surface area contributed by atoms with E-state index in [0.29, 0.717) is 12.6 Å². The summed E-state index contributed by atoms with van der Waals surface area (Å²) < 4.78 is 11.0. The standard InChI is InChI=1S/C23H28N4O2S.HI/c1-28-22-9-3-2-8-21(22)27-13-11-18(17-27)26-23(25-16-20-7-5-15-30-20)24-12-10-19-6-4-14-29-19;/h2-9,14-15,18H,10-13,16-17H2,1H3,(H2,24,25,26);1H. The van der Waals surface area contributed by atoms with E-state index in [1.807, 2.05) is 24.3 Å². The molecule has 1 saturated heterocycles. The first kappa shape index (κ1) is 23.5. The fourth-order valence-corrected chi connectivity index (χ4v) is 4.28. The fraction of sp³-hybridized carbons (Fsp3) is 0.348. The van der Waals surface area contributed by atoms with Gasteiger partial charge in [-0.3, -0.25) is 0 Å². The first-order valence-corrected chi connectivity index (χ1v) is 11.2.